The van der Waals surface area contributed by atoms with E-state index in [0.29, 0.717) is 22.7 Å². The SMILES string of the molecule is O=C(Nc1ccc(Br)cc1)c1cccc(Oc2ccc([N+](=O)[O-])cc2)c1. The molecule has 3 aromatic rings. The van der Waals surface area contributed by atoms with E-state index in [-0.39, 0.29) is 11.6 Å². The van der Waals surface area contributed by atoms with Gasteiger partial charge in [-0.2, -0.15) is 0 Å². The van der Waals surface area contributed by atoms with Crippen molar-refractivity contribution >= 4 is 33.2 Å². The van der Waals surface area contributed by atoms with Gasteiger partial charge in [-0.15, -0.1) is 0 Å². The summed E-state index contributed by atoms with van der Waals surface area (Å²) in [6.45, 7) is 0. The number of nitro benzene ring substituents is 1. The van der Waals surface area contributed by atoms with E-state index < -0.39 is 4.92 Å². The molecule has 0 heterocycles. The first-order valence-electron chi connectivity index (χ1n) is 7.60. The Morgan fingerprint density at radius 2 is 1.65 bits per heavy atom. The molecule has 0 aromatic heterocycles. The first-order valence-corrected chi connectivity index (χ1v) is 8.40. The summed E-state index contributed by atoms with van der Waals surface area (Å²) in [6, 6.07) is 19.7. The maximum Gasteiger partial charge on any atom is 0.269 e. The molecule has 0 aliphatic rings. The second-order valence-electron chi connectivity index (χ2n) is 5.34. The third kappa shape index (κ3) is 4.46. The molecule has 3 aromatic carbocycles. The Labute approximate surface area is 157 Å². The molecule has 0 saturated carbocycles. The fourth-order valence-electron chi connectivity index (χ4n) is 2.21. The van der Waals surface area contributed by atoms with Gasteiger partial charge in [0.05, 0.1) is 4.92 Å². The highest BCUT2D eigenvalue weighted by molar-refractivity contribution is 9.10. The maximum atomic E-state index is 12.4. The van der Waals surface area contributed by atoms with Crippen LogP contribution in [0.3, 0.4) is 0 Å². The predicted octanol–water partition coefficient (Wildman–Crippen LogP) is 5.40. The van der Waals surface area contributed by atoms with Gasteiger partial charge in [-0.1, -0.05) is 22.0 Å². The number of nitrogens with one attached hydrogen (secondary N) is 1. The Hall–Kier alpha value is -3.19. The monoisotopic (exact) mass is 412 g/mol. The molecule has 0 bridgehead atoms. The van der Waals surface area contributed by atoms with Crippen LogP contribution in [0.25, 0.3) is 0 Å². The van der Waals surface area contributed by atoms with Gasteiger partial charge in [0.1, 0.15) is 11.5 Å². The number of amides is 1. The minimum absolute atomic E-state index is 0.0139. The van der Waals surface area contributed by atoms with E-state index in [1.54, 1.807) is 36.4 Å². The van der Waals surface area contributed by atoms with Crippen LogP contribution in [0.5, 0.6) is 11.5 Å². The van der Waals surface area contributed by atoms with Crippen LogP contribution in [0.1, 0.15) is 10.4 Å². The number of hydrogen-bond donors (Lipinski definition) is 1. The third-order valence-corrected chi connectivity index (χ3v) is 4.01. The lowest BCUT2D eigenvalue weighted by molar-refractivity contribution is -0.384. The summed E-state index contributed by atoms with van der Waals surface area (Å²) < 4.78 is 6.59. The molecule has 130 valence electrons. The molecular formula is C19H13BrN2O4. The minimum atomic E-state index is -0.475. The van der Waals surface area contributed by atoms with Gasteiger partial charge in [0.15, 0.2) is 0 Å². The van der Waals surface area contributed by atoms with E-state index in [9.17, 15) is 14.9 Å². The van der Waals surface area contributed by atoms with Gasteiger partial charge in [-0.05, 0) is 54.6 Å². The number of hydrogen-bond acceptors (Lipinski definition) is 4. The van der Waals surface area contributed by atoms with Crippen molar-refractivity contribution in [2.45, 2.75) is 0 Å². The van der Waals surface area contributed by atoms with Crippen LogP contribution in [0.2, 0.25) is 0 Å². The molecule has 0 spiro atoms. The quantitative estimate of drug-likeness (QED) is 0.449. The molecule has 26 heavy (non-hydrogen) atoms. The number of carbonyl (C=O) groups excluding carboxylic acids is 1. The molecule has 3 rings (SSSR count). The van der Waals surface area contributed by atoms with Crippen LogP contribution < -0.4 is 10.1 Å². The zero-order valence-electron chi connectivity index (χ0n) is 13.4. The predicted molar refractivity (Wildman–Crippen MR) is 102 cm³/mol. The smallest absolute Gasteiger partial charge is 0.269 e. The van der Waals surface area contributed by atoms with Crippen molar-refractivity contribution in [1.29, 1.82) is 0 Å². The lowest BCUT2D eigenvalue weighted by Crippen LogP contribution is -2.11. The summed E-state index contributed by atoms with van der Waals surface area (Å²) in [6.07, 6.45) is 0. The highest BCUT2D eigenvalue weighted by atomic mass is 79.9. The number of halogens is 1. The number of rotatable bonds is 5. The second kappa shape index (κ2) is 7.79. The van der Waals surface area contributed by atoms with Crippen LogP contribution in [-0.4, -0.2) is 10.8 Å². The lowest BCUT2D eigenvalue weighted by atomic mass is 10.2. The van der Waals surface area contributed by atoms with Gasteiger partial charge < -0.3 is 10.1 Å². The molecule has 0 fully saturated rings. The normalized spacial score (nSPS) is 10.2. The molecule has 1 N–H and O–H groups in total. The Morgan fingerprint density at radius 3 is 2.31 bits per heavy atom. The summed E-state index contributed by atoms with van der Waals surface area (Å²) in [5.41, 5.74) is 1.10. The maximum absolute atomic E-state index is 12.4. The van der Waals surface area contributed by atoms with E-state index in [1.807, 2.05) is 12.1 Å². The number of nitrogens with zero attached hydrogens (tertiary/aromatic N) is 1. The Bertz CT molecular complexity index is 941. The summed E-state index contributed by atoms with van der Waals surface area (Å²) in [5.74, 6) is 0.643. The Morgan fingerprint density at radius 1 is 0.962 bits per heavy atom. The molecule has 6 nitrogen and oxygen atoms in total. The van der Waals surface area contributed by atoms with E-state index >= 15 is 0 Å². The van der Waals surface area contributed by atoms with Crippen molar-refractivity contribution in [3.8, 4) is 11.5 Å². The van der Waals surface area contributed by atoms with Crippen molar-refractivity contribution in [3.05, 3.63) is 92.9 Å². The van der Waals surface area contributed by atoms with E-state index in [0.717, 1.165) is 4.47 Å². The molecule has 0 unspecified atom stereocenters. The summed E-state index contributed by atoms with van der Waals surface area (Å²) in [7, 11) is 0. The summed E-state index contributed by atoms with van der Waals surface area (Å²) >= 11 is 3.34. The van der Waals surface area contributed by atoms with Crippen molar-refractivity contribution in [1.82, 2.24) is 0 Å². The largest absolute Gasteiger partial charge is 0.457 e. The number of ether oxygens (including phenoxy) is 1. The van der Waals surface area contributed by atoms with Crippen molar-refractivity contribution in [2.24, 2.45) is 0 Å². The lowest BCUT2D eigenvalue weighted by Gasteiger charge is -2.08. The topological polar surface area (TPSA) is 81.5 Å². The Balaban J connectivity index is 1.72. The second-order valence-corrected chi connectivity index (χ2v) is 6.26. The van der Waals surface area contributed by atoms with Gasteiger partial charge in [0, 0.05) is 27.9 Å². The van der Waals surface area contributed by atoms with Gasteiger partial charge in [-0.25, -0.2) is 0 Å². The third-order valence-electron chi connectivity index (χ3n) is 3.48. The van der Waals surface area contributed by atoms with Crippen molar-refractivity contribution < 1.29 is 14.5 Å². The van der Waals surface area contributed by atoms with Crippen LogP contribution in [0, 0.1) is 10.1 Å². The molecule has 0 saturated heterocycles. The minimum Gasteiger partial charge on any atom is -0.457 e. The number of carbonyl (C=O) groups is 1. The number of non-ortho nitro benzene ring substituents is 1. The molecule has 0 radical (unpaired) electrons. The molecule has 0 aliphatic carbocycles. The first kappa shape index (κ1) is 17.6. The summed E-state index contributed by atoms with van der Waals surface area (Å²) in [4.78, 5) is 22.6. The van der Waals surface area contributed by atoms with Crippen LogP contribution in [0.4, 0.5) is 11.4 Å². The highest BCUT2D eigenvalue weighted by Crippen LogP contribution is 2.25. The number of anilines is 1. The molecule has 7 heteroatoms. The van der Waals surface area contributed by atoms with Gasteiger partial charge in [0.2, 0.25) is 0 Å². The van der Waals surface area contributed by atoms with Crippen molar-refractivity contribution in [3.63, 3.8) is 0 Å². The van der Waals surface area contributed by atoms with Gasteiger partial charge >= 0.3 is 0 Å². The van der Waals surface area contributed by atoms with Crippen molar-refractivity contribution in [2.75, 3.05) is 5.32 Å². The fraction of sp³-hybridized carbons (Fsp3) is 0. The van der Waals surface area contributed by atoms with E-state index in [2.05, 4.69) is 21.2 Å². The number of nitro groups is 1. The van der Waals surface area contributed by atoms with E-state index in [4.69, 9.17) is 4.74 Å². The standard InChI is InChI=1S/C19H13BrN2O4/c20-14-4-6-15(7-5-14)21-19(23)13-2-1-3-18(12-13)26-17-10-8-16(9-11-17)22(24)25/h1-12H,(H,21,23). The highest BCUT2D eigenvalue weighted by Gasteiger charge is 2.09. The summed E-state index contributed by atoms with van der Waals surface area (Å²) in [5, 5.41) is 13.5. The zero-order valence-corrected chi connectivity index (χ0v) is 15.0. The van der Waals surface area contributed by atoms with Gasteiger partial charge in [0.25, 0.3) is 11.6 Å². The Kier molecular flexibility index (Phi) is 5.28. The number of benzene rings is 3. The van der Waals surface area contributed by atoms with Crippen LogP contribution in [0.15, 0.2) is 77.3 Å². The van der Waals surface area contributed by atoms with E-state index in [1.165, 1.54) is 24.3 Å². The zero-order chi connectivity index (χ0) is 18.5. The molecule has 0 atom stereocenters. The molecule has 1 amide bonds. The fourth-order valence-corrected chi connectivity index (χ4v) is 2.47. The van der Waals surface area contributed by atoms with Crippen LogP contribution >= 0.6 is 15.9 Å². The first-order chi connectivity index (χ1) is 12.5. The molecule has 0 aliphatic heterocycles. The average Bonchev–Trinajstić information content (AvgIpc) is 2.64. The van der Waals surface area contributed by atoms with Gasteiger partial charge in [-0.3, -0.25) is 14.9 Å². The van der Waals surface area contributed by atoms with Crippen LogP contribution in [-0.2, 0) is 0 Å². The molecular weight excluding hydrogens is 400 g/mol. The average molecular weight is 413 g/mol.